The number of rotatable bonds is 4. The molecule has 8 heteroatoms. The van der Waals surface area contributed by atoms with Gasteiger partial charge in [0.05, 0.1) is 16.7 Å². The molecule has 2 aromatic rings. The van der Waals surface area contributed by atoms with E-state index < -0.39 is 12.1 Å². The van der Waals surface area contributed by atoms with Gasteiger partial charge in [-0.25, -0.2) is 10.1 Å². The third-order valence-corrected chi connectivity index (χ3v) is 3.84. The Morgan fingerprint density at radius 1 is 1.12 bits per heavy atom. The molecular formula is C16H14Cl2N2O4. The highest BCUT2D eigenvalue weighted by Crippen LogP contribution is 2.43. The molecule has 0 aromatic heterocycles. The van der Waals surface area contributed by atoms with Crippen molar-refractivity contribution >= 4 is 35.0 Å². The zero-order valence-electron chi connectivity index (χ0n) is 12.6. The number of hydrogen-bond donors (Lipinski definition) is 2. The van der Waals surface area contributed by atoms with Crippen LogP contribution in [0.25, 0.3) is 0 Å². The molecule has 0 saturated carbocycles. The van der Waals surface area contributed by atoms with Gasteiger partial charge >= 0.3 is 12.1 Å². The number of amides is 1. The van der Waals surface area contributed by atoms with E-state index in [2.05, 4.69) is 10.6 Å². The van der Waals surface area contributed by atoms with Crippen LogP contribution in [0.1, 0.15) is 6.92 Å². The quantitative estimate of drug-likeness (QED) is 0.790. The number of alkyl carbamates (subject to hydrolysis) is 1. The standard InChI is InChI=1S/C16H14Cl2N2O4/c1-2-22-15(21)20-16(19-10-6-4-3-5-7-10)23-13-8-11(17)12(18)9-14(13)24-16/h3-9,19H,2H2,1H3,(H,20,21). The summed E-state index contributed by atoms with van der Waals surface area (Å²) in [4.78, 5) is 11.9. The molecule has 2 N–H and O–H groups in total. The Balaban J connectivity index is 1.91. The van der Waals surface area contributed by atoms with Gasteiger partial charge in [-0.05, 0) is 19.1 Å². The summed E-state index contributed by atoms with van der Waals surface area (Å²) in [6, 6.07) is 10.5. The molecule has 0 spiro atoms. The minimum absolute atomic E-state index is 0.206. The van der Waals surface area contributed by atoms with Crippen LogP contribution >= 0.6 is 23.2 Å². The van der Waals surface area contributed by atoms with Crippen LogP contribution < -0.4 is 20.1 Å². The number of anilines is 1. The molecule has 24 heavy (non-hydrogen) atoms. The van der Waals surface area contributed by atoms with Crippen molar-refractivity contribution in [2.24, 2.45) is 0 Å². The van der Waals surface area contributed by atoms with Crippen molar-refractivity contribution in [1.82, 2.24) is 5.32 Å². The van der Waals surface area contributed by atoms with Gasteiger partial charge in [0.25, 0.3) is 0 Å². The first-order chi connectivity index (χ1) is 11.5. The fourth-order valence-electron chi connectivity index (χ4n) is 2.15. The third kappa shape index (κ3) is 3.44. The first kappa shape index (κ1) is 16.5. The maximum atomic E-state index is 11.9. The molecule has 0 saturated heterocycles. The predicted molar refractivity (Wildman–Crippen MR) is 90.7 cm³/mol. The van der Waals surface area contributed by atoms with E-state index in [9.17, 15) is 4.79 Å². The molecule has 0 radical (unpaired) electrons. The summed E-state index contributed by atoms with van der Waals surface area (Å²) in [5, 5.41) is 6.13. The number of hydrogen-bond acceptors (Lipinski definition) is 5. The van der Waals surface area contributed by atoms with Crippen LogP contribution in [0.2, 0.25) is 10.0 Å². The number of carbonyl (C=O) groups excluding carboxylic acids is 1. The van der Waals surface area contributed by atoms with Gasteiger partial charge in [-0.3, -0.25) is 5.32 Å². The first-order valence-electron chi connectivity index (χ1n) is 7.16. The van der Waals surface area contributed by atoms with Crippen LogP contribution in [-0.4, -0.2) is 18.7 Å². The number of nitrogens with one attached hydrogen (secondary N) is 2. The summed E-state index contributed by atoms with van der Waals surface area (Å²) in [5.41, 5.74) is 0.666. The molecule has 1 heterocycles. The number of ether oxygens (including phenoxy) is 3. The number of halogens is 2. The van der Waals surface area contributed by atoms with Crippen molar-refractivity contribution in [3.8, 4) is 11.5 Å². The van der Waals surface area contributed by atoms with Gasteiger partial charge in [-0.1, -0.05) is 41.4 Å². The fraction of sp³-hybridized carbons (Fsp3) is 0.188. The predicted octanol–water partition coefficient (Wildman–Crippen LogP) is 4.23. The fourth-order valence-corrected chi connectivity index (χ4v) is 2.45. The lowest BCUT2D eigenvalue weighted by atomic mass is 10.3. The lowest BCUT2D eigenvalue weighted by Gasteiger charge is -2.28. The average Bonchev–Trinajstić information content (AvgIpc) is 2.85. The Morgan fingerprint density at radius 2 is 1.71 bits per heavy atom. The monoisotopic (exact) mass is 368 g/mol. The number of fused-ring (bicyclic) bond motifs is 1. The van der Waals surface area contributed by atoms with Crippen LogP contribution in [0.15, 0.2) is 42.5 Å². The molecule has 1 aliphatic rings. The summed E-state index contributed by atoms with van der Waals surface area (Å²) < 4.78 is 16.4. The van der Waals surface area contributed by atoms with Crippen LogP contribution in [0.4, 0.5) is 10.5 Å². The van der Waals surface area contributed by atoms with Gasteiger partial charge in [0.2, 0.25) is 0 Å². The van der Waals surface area contributed by atoms with Gasteiger partial charge in [-0.15, -0.1) is 0 Å². The Kier molecular flexibility index (Phi) is 4.59. The maximum absolute atomic E-state index is 11.9. The van der Waals surface area contributed by atoms with E-state index in [4.69, 9.17) is 37.4 Å². The average molecular weight is 369 g/mol. The van der Waals surface area contributed by atoms with Crippen molar-refractivity contribution in [2.45, 2.75) is 13.0 Å². The summed E-state index contributed by atoms with van der Waals surface area (Å²) in [6.07, 6.45) is -0.703. The minimum Gasteiger partial charge on any atom is -0.450 e. The number of para-hydroxylation sites is 1. The number of carbonyl (C=O) groups is 1. The van der Waals surface area contributed by atoms with E-state index in [1.54, 1.807) is 19.1 Å². The first-order valence-corrected chi connectivity index (χ1v) is 7.92. The number of benzene rings is 2. The molecule has 3 rings (SSSR count). The summed E-state index contributed by atoms with van der Waals surface area (Å²) in [5.74, 6) is 0.675. The highest BCUT2D eigenvalue weighted by Gasteiger charge is 2.45. The Bertz CT molecular complexity index is 724. The molecule has 1 aliphatic heterocycles. The summed E-state index contributed by atoms with van der Waals surface area (Å²) in [7, 11) is 0. The van der Waals surface area contributed by atoms with Crippen LogP contribution in [0.3, 0.4) is 0 Å². The van der Waals surface area contributed by atoms with Gasteiger partial charge in [-0.2, -0.15) is 0 Å². The van der Waals surface area contributed by atoms with Crippen LogP contribution in [0, 0.1) is 0 Å². The largest absolute Gasteiger partial charge is 0.450 e. The lowest BCUT2D eigenvalue weighted by molar-refractivity contribution is -0.0769. The lowest BCUT2D eigenvalue weighted by Crippen LogP contribution is -2.61. The molecule has 0 fully saturated rings. The highest BCUT2D eigenvalue weighted by molar-refractivity contribution is 6.42. The van der Waals surface area contributed by atoms with Crippen molar-refractivity contribution in [3.05, 3.63) is 52.5 Å². The van der Waals surface area contributed by atoms with Crippen LogP contribution in [0.5, 0.6) is 11.5 Å². The van der Waals surface area contributed by atoms with E-state index in [-0.39, 0.29) is 6.61 Å². The van der Waals surface area contributed by atoms with Crippen molar-refractivity contribution < 1.29 is 19.0 Å². The van der Waals surface area contributed by atoms with Gasteiger partial charge in [0.1, 0.15) is 0 Å². The topological polar surface area (TPSA) is 68.8 Å². The van der Waals surface area contributed by atoms with Crippen LogP contribution in [-0.2, 0) is 4.74 Å². The van der Waals surface area contributed by atoms with E-state index in [1.807, 2.05) is 18.2 Å². The maximum Gasteiger partial charge on any atom is 0.435 e. The zero-order chi connectivity index (χ0) is 17.2. The smallest absolute Gasteiger partial charge is 0.435 e. The SMILES string of the molecule is CCOC(=O)NC1(Nc2ccccc2)Oc2cc(Cl)c(Cl)cc2O1. The molecule has 0 unspecified atom stereocenters. The second-order valence-corrected chi connectivity index (χ2v) is 5.68. The molecule has 0 aliphatic carbocycles. The molecule has 126 valence electrons. The summed E-state index contributed by atoms with van der Waals surface area (Å²) >= 11 is 12.0. The summed E-state index contributed by atoms with van der Waals surface area (Å²) in [6.45, 7) is 1.90. The third-order valence-electron chi connectivity index (χ3n) is 3.12. The highest BCUT2D eigenvalue weighted by atomic mass is 35.5. The Labute approximate surface area is 148 Å². The molecular weight excluding hydrogens is 355 g/mol. The van der Waals surface area contributed by atoms with Gasteiger partial charge < -0.3 is 14.2 Å². The normalized spacial score (nSPS) is 14.1. The molecule has 0 atom stereocenters. The van der Waals surface area contributed by atoms with Gasteiger partial charge in [0.15, 0.2) is 11.5 Å². The zero-order valence-corrected chi connectivity index (χ0v) is 14.1. The van der Waals surface area contributed by atoms with Gasteiger partial charge in [0, 0.05) is 17.8 Å². The second kappa shape index (κ2) is 6.67. The minimum atomic E-state index is -1.68. The molecule has 2 aromatic carbocycles. The second-order valence-electron chi connectivity index (χ2n) is 4.87. The van der Waals surface area contributed by atoms with Crippen molar-refractivity contribution in [3.63, 3.8) is 0 Å². The molecule has 0 bridgehead atoms. The van der Waals surface area contributed by atoms with E-state index in [1.165, 1.54) is 12.1 Å². The Morgan fingerprint density at radius 3 is 2.25 bits per heavy atom. The molecule has 6 nitrogen and oxygen atoms in total. The molecule has 1 amide bonds. The van der Waals surface area contributed by atoms with E-state index in [0.29, 0.717) is 27.2 Å². The van der Waals surface area contributed by atoms with E-state index >= 15 is 0 Å². The van der Waals surface area contributed by atoms with Crippen molar-refractivity contribution in [2.75, 3.05) is 11.9 Å². The van der Waals surface area contributed by atoms with Crippen molar-refractivity contribution in [1.29, 1.82) is 0 Å². The van der Waals surface area contributed by atoms with E-state index in [0.717, 1.165) is 0 Å². The Hall–Kier alpha value is -2.31.